The topological polar surface area (TPSA) is 69.7 Å². The predicted molar refractivity (Wildman–Crippen MR) is 120 cm³/mol. The number of carbonyl (C=O) groups excluding carboxylic acids is 1. The zero-order valence-corrected chi connectivity index (χ0v) is 18.0. The molecule has 2 saturated heterocycles. The van der Waals surface area contributed by atoms with Gasteiger partial charge in [-0.2, -0.15) is 0 Å². The molecule has 2 aromatic rings. The van der Waals surface area contributed by atoms with Crippen LogP contribution in [0.5, 0.6) is 0 Å². The fourth-order valence-electron chi connectivity index (χ4n) is 3.90. The number of anilines is 4. The highest BCUT2D eigenvalue weighted by molar-refractivity contribution is 7.16. The molecule has 0 atom stereocenters. The average molecular weight is 416 g/mol. The first kappa shape index (κ1) is 20.0. The Hall–Kier alpha value is -2.32. The Morgan fingerprint density at radius 1 is 1.03 bits per heavy atom. The Labute approximate surface area is 176 Å². The molecule has 0 radical (unpaired) electrons. The summed E-state index contributed by atoms with van der Waals surface area (Å²) < 4.78 is 5.42. The summed E-state index contributed by atoms with van der Waals surface area (Å²) in [5, 5.41) is 6.57. The van der Waals surface area contributed by atoms with Gasteiger partial charge in [-0.1, -0.05) is 17.4 Å². The van der Waals surface area contributed by atoms with Crippen LogP contribution in [0.1, 0.15) is 29.7 Å². The van der Waals surface area contributed by atoms with Crippen molar-refractivity contribution in [3.05, 3.63) is 28.6 Å². The van der Waals surface area contributed by atoms with E-state index in [9.17, 15) is 4.79 Å². The smallest absolute Gasteiger partial charge is 0.325 e. The third kappa shape index (κ3) is 4.82. The van der Waals surface area contributed by atoms with E-state index in [0.717, 1.165) is 48.2 Å². The third-order valence-electron chi connectivity index (χ3n) is 5.40. The minimum absolute atomic E-state index is 0.255. The molecule has 2 amide bonds. The third-order valence-corrected chi connectivity index (χ3v) is 6.28. The number of rotatable bonds is 4. The molecule has 2 aliphatic heterocycles. The SMILES string of the molecule is Cc1ccc(NC(=O)Nc2nc(N3CCOCC3)c(C)s2)c(N2CCCCC2)c1. The number of ether oxygens (including phenoxy) is 1. The van der Waals surface area contributed by atoms with E-state index in [2.05, 4.69) is 38.4 Å². The molecule has 3 heterocycles. The number of hydrogen-bond donors (Lipinski definition) is 2. The van der Waals surface area contributed by atoms with Crippen molar-refractivity contribution < 1.29 is 9.53 Å². The van der Waals surface area contributed by atoms with E-state index >= 15 is 0 Å². The highest BCUT2D eigenvalue weighted by atomic mass is 32.1. The van der Waals surface area contributed by atoms with Crippen molar-refractivity contribution in [2.45, 2.75) is 33.1 Å². The Balaban J connectivity index is 1.45. The fraction of sp³-hybridized carbons (Fsp3) is 0.524. The summed E-state index contributed by atoms with van der Waals surface area (Å²) in [6.45, 7) is 9.29. The van der Waals surface area contributed by atoms with Crippen LogP contribution in [0.2, 0.25) is 0 Å². The molecule has 7 nitrogen and oxygen atoms in total. The minimum atomic E-state index is -0.255. The molecule has 1 aromatic carbocycles. The lowest BCUT2D eigenvalue weighted by molar-refractivity contribution is 0.122. The Kier molecular flexibility index (Phi) is 6.20. The zero-order chi connectivity index (χ0) is 20.2. The number of morpholine rings is 1. The van der Waals surface area contributed by atoms with Crippen molar-refractivity contribution in [1.29, 1.82) is 0 Å². The highest BCUT2D eigenvalue weighted by Gasteiger charge is 2.20. The quantitative estimate of drug-likeness (QED) is 0.782. The van der Waals surface area contributed by atoms with Crippen molar-refractivity contribution in [2.75, 3.05) is 59.8 Å². The largest absolute Gasteiger partial charge is 0.378 e. The first-order valence-corrected chi connectivity index (χ1v) is 11.2. The number of nitrogens with one attached hydrogen (secondary N) is 2. The first-order valence-electron chi connectivity index (χ1n) is 10.3. The van der Waals surface area contributed by atoms with Gasteiger partial charge in [0.2, 0.25) is 0 Å². The summed E-state index contributed by atoms with van der Waals surface area (Å²) in [5.41, 5.74) is 3.14. The molecule has 1 aromatic heterocycles. The van der Waals surface area contributed by atoms with Gasteiger partial charge >= 0.3 is 6.03 Å². The molecular weight excluding hydrogens is 386 g/mol. The van der Waals surface area contributed by atoms with Gasteiger partial charge in [-0.3, -0.25) is 5.32 Å². The molecule has 8 heteroatoms. The molecule has 0 aliphatic carbocycles. The maximum Gasteiger partial charge on any atom is 0.325 e. The van der Waals surface area contributed by atoms with Gasteiger partial charge in [-0.25, -0.2) is 9.78 Å². The van der Waals surface area contributed by atoms with E-state index in [0.29, 0.717) is 18.3 Å². The number of carbonyl (C=O) groups is 1. The van der Waals surface area contributed by atoms with Crippen LogP contribution in [-0.2, 0) is 4.74 Å². The molecule has 2 N–H and O–H groups in total. The summed E-state index contributed by atoms with van der Waals surface area (Å²) in [6.07, 6.45) is 3.67. The van der Waals surface area contributed by atoms with Crippen molar-refractivity contribution >= 4 is 39.7 Å². The van der Waals surface area contributed by atoms with Crippen LogP contribution in [0.25, 0.3) is 0 Å². The van der Waals surface area contributed by atoms with Gasteiger partial charge in [0.15, 0.2) is 5.13 Å². The Morgan fingerprint density at radius 3 is 2.55 bits per heavy atom. The van der Waals surface area contributed by atoms with Crippen LogP contribution in [0.15, 0.2) is 18.2 Å². The van der Waals surface area contributed by atoms with E-state index in [1.807, 2.05) is 19.1 Å². The highest BCUT2D eigenvalue weighted by Crippen LogP contribution is 2.31. The molecule has 2 aliphatic rings. The van der Waals surface area contributed by atoms with Crippen molar-refractivity contribution in [3.8, 4) is 0 Å². The van der Waals surface area contributed by atoms with Gasteiger partial charge in [0.1, 0.15) is 5.82 Å². The second kappa shape index (κ2) is 9.00. The summed E-state index contributed by atoms with van der Waals surface area (Å²) in [7, 11) is 0. The van der Waals surface area contributed by atoms with Crippen molar-refractivity contribution in [2.24, 2.45) is 0 Å². The molecule has 0 unspecified atom stereocenters. The molecular formula is C21H29N5O2S. The number of benzene rings is 1. The Morgan fingerprint density at radius 2 is 1.79 bits per heavy atom. The Bertz CT molecular complexity index is 857. The first-order chi connectivity index (χ1) is 14.1. The average Bonchev–Trinajstić information content (AvgIpc) is 3.10. The van der Waals surface area contributed by atoms with Gasteiger partial charge < -0.3 is 19.9 Å². The predicted octanol–water partition coefficient (Wildman–Crippen LogP) is 4.23. The number of hydrogen-bond acceptors (Lipinski definition) is 6. The number of thiazole rings is 1. The molecule has 29 heavy (non-hydrogen) atoms. The number of nitrogens with zero attached hydrogens (tertiary/aromatic N) is 3. The number of aromatic nitrogens is 1. The lowest BCUT2D eigenvalue weighted by Gasteiger charge is -2.30. The molecule has 0 bridgehead atoms. The second-order valence-electron chi connectivity index (χ2n) is 7.65. The van der Waals surface area contributed by atoms with E-state index in [-0.39, 0.29) is 6.03 Å². The zero-order valence-electron chi connectivity index (χ0n) is 17.2. The summed E-state index contributed by atoms with van der Waals surface area (Å²) in [6, 6.07) is 5.93. The van der Waals surface area contributed by atoms with E-state index in [1.54, 1.807) is 0 Å². The van der Waals surface area contributed by atoms with Crippen molar-refractivity contribution in [3.63, 3.8) is 0 Å². The lowest BCUT2D eigenvalue weighted by Crippen LogP contribution is -2.36. The van der Waals surface area contributed by atoms with Gasteiger partial charge in [0.25, 0.3) is 0 Å². The monoisotopic (exact) mass is 415 g/mol. The van der Waals surface area contributed by atoms with E-state index < -0.39 is 0 Å². The second-order valence-corrected chi connectivity index (χ2v) is 8.85. The maximum absolute atomic E-state index is 12.7. The van der Waals surface area contributed by atoms with Crippen LogP contribution in [0.4, 0.5) is 27.1 Å². The summed E-state index contributed by atoms with van der Waals surface area (Å²) in [4.78, 5) is 23.0. The number of piperidine rings is 1. The lowest BCUT2D eigenvalue weighted by atomic mass is 10.1. The fourth-order valence-corrected chi connectivity index (χ4v) is 4.74. The van der Waals surface area contributed by atoms with E-state index in [4.69, 9.17) is 4.74 Å². The number of aryl methyl sites for hydroxylation is 2. The van der Waals surface area contributed by atoms with E-state index in [1.165, 1.54) is 36.2 Å². The van der Waals surface area contributed by atoms with Crippen LogP contribution in [0, 0.1) is 13.8 Å². The van der Waals surface area contributed by atoms with Crippen LogP contribution >= 0.6 is 11.3 Å². The number of urea groups is 1. The molecule has 156 valence electrons. The van der Waals surface area contributed by atoms with Gasteiger partial charge in [-0.15, -0.1) is 0 Å². The molecule has 0 saturated carbocycles. The maximum atomic E-state index is 12.7. The molecule has 2 fully saturated rings. The number of amides is 2. The minimum Gasteiger partial charge on any atom is -0.378 e. The van der Waals surface area contributed by atoms with Crippen LogP contribution in [0.3, 0.4) is 0 Å². The molecule has 0 spiro atoms. The van der Waals surface area contributed by atoms with Crippen LogP contribution < -0.4 is 20.4 Å². The summed E-state index contributed by atoms with van der Waals surface area (Å²) in [5.74, 6) is 0.943. The summed E-state index contributed by atoms with van der Waals surface area (Å²) >= 11 is 1.51. The van der Waals surface area contributed by atoms with Crippen LogP contribution in [-0.4, -0.2) is 50.4 Å². The van der Waals surface area contributed by atoms with Gasteiger partial charge in [-0.05, 0) is 50.8 Å². The molecule has 4 rings (SSSR count). The normalized spacial score (nSPS) is 17.3. The van der Waals surface area contributed by atoms with Gasteiger partial charge in [0, 0.05) is 31.1 Å². The van der Waals surface area contributed by atoms with Crippen molar-refractivity contribution in [1.82, 2.24) is 4.98 Å². The van der Waals surface area contributed by atoms with Gasteiger partial charge in [0.05, 0.1) is 24.6 Å². The standard InChI is InChI=1S/C21H29N5O2S/c1-15-6-7-17(18(14-15)25-8-4-3-5-9-25)22-20(27)24-21-23-19(16(2)29-21)26-10-12-28-13-11-26/h6-7,14H,3-5,8-13H2,1-2H3,(H2,22,23,24,27).